The number of carbonyl (C=O) groups excluding carboxylic acids is 2. The van der Waals surface area contributed by atoms with Gasteiger partial charge in [-0.3, -0.25) is 14.4 Å². The van der Waals surface area contributed by atoms with Crippen LogP contribution in [0.1, 0.15) is 45.5 Å². The van der Waals surface area contributed by atoms with Crippen molar-refractivity contribution in [2.24, 2.45) is 7.05 Å². The van der Waals surface area contributed by atoms with Gasteiger partial charge in [-0.2, -0.15) is 0 Å². The van der Waals surface area contributed by atoms with Gasteiger partial charge in [0.2, 0.25) is 0 Å². The number of anilines is 4. The highest BCUT2D eigenvalue weighted by molar-refractivity contribution is 6.05. The lowest BCUT2D eigenvalue weighted by Gasteiger charge is -2.32. The van der Waals surface area contributed by atoms with Crippen molar-refractivity contribution in [1.29, 1.82) is 0 Å². The van der Waals surface area contributed by atoms with Crippen LogP contribution in [0.25, 0.3) is 11.3 Å². The standard InChI is InChI=1S/C36H41N7O3/c1-25-30(8-7-9-31(25)39-34(44)26-12-16-29(17-13-26)42-18-5-4-6-19-42)32-24-41(3)36(46)33(38-32)37-28-14-10-27(11-15-28)35(45)43-22-20-40(2)21-23-43/h7-17,24H,4-6,18-23H2,1-3H3,(H,37,38)(H,39,44). The van der Waals surface area contributed by atoms with Crippen molar-refractivity contribution >= 4 is 34.7 Å². The summed E-state index contributed by atoms with van der Waals surface area (Å²) in [6.45, 7) is 7.17. The summed E-state index contributed by atoms with van der Waals surface area (Å²) in [6.07, 6.45) is 5.37. The number of piperazine rings is 1. The van der Waals surface area contributed by atoms with Crippen LogP contribution in [0.2, 0.25) is 0 Å². The minimum Gasteiger partial charge on any atom is -0.372 e. The zero-order valence-electron chi connectivity index (χ0n) is 26.8. The van der Waals surface area contributed by atoms with Crippen molar-refractivity contribution in [2.75, 3.05) is 61.8 Å². The van der Waals surface area contributed by atoms with Gasteiger partial charge in [0.25, 0.3) is 17.4 Å². The number of hydrogen-bond donors (Lipinski definition) is 2. The molecule has 2 N–H and O–H groups in total. The van der Waals surface area contributed by atoms with Crippen LogP contribution in [0.5, 0.6) is 0 Å². The predicted molar refractivity (Wildman–Crippen MR) is 183 cm³/mol. The summed E-state index contributed by atoms with van der Waals surface area (Å²) in [5, 5.41) is 6.20. The number of benzene rings is 3. The van der Waals surface area contributed by atoms with E-state index in [2.05, 4.69) is 32.5 Å². The average molecular weight is 620 g/mol. The van der Waals surface area contributed by atoms with Gasteiger partial charge in [0.15, 0.2) is 5.82 Å². The number of likely N-dealkylation sites (N-methyl/N-ethyl adjacent to an activating group) is 1. The SMILES string of the molecule is Cc1c(NC(=O)c2ccc(N3CCCCC3)cc2)cccc1-c1cn(C)c(=O)c(Nc2ccc(C(=O)N3CCN(C)CC3)cc2)n1. The molecular formula is C36H41N7O3. The first-order chi connectivity index (χ1) is 22.3. The molecule has 2 fully saturated rings. The molecule has 4 aromatic rings. The summed E-state index contributed by atoms with van der Waals surface area (Å²) in [5.41, 5.74) is 5.62. The van der Waals surface area contributed by atoms with Crippen LogP contribution < -0.4 is 21.1 Å². The van der Waals surface area contributed by atoms with Gasteiger partial charge in [0, 0.05) is 86.3 Å². The Morgan fingerprint density at radius 3 is 2.15 bits per heavy atom. The topological polar surface area (TPSA) is 103 Å². The lowest BCUT2D eigenvalue weighted by atomic mass is 10.0. The van der Waals surface area contributed by atoms with E-state index in [1.165, 1.54) is 23.8 Å². The molecular weight excluding hydrogens is 578 g/mol. The van der Waals surface area contributed by atoms with E-state index in [4.69, 9.17) is 0 Å². The number of aryl methyl sites for hydroxylation is 1. The largest absolute Gasteiger partial charge is 0.372 e. The zero-order valence-corrected chi connectivity index (χ0v) is 26.8. The van der Waals surface area contributed by atoms with Crippen LogP contribution in [-0.4, -0.2) is 77.5 Å². The van der Waals surface area contributed by atoms with Crippen molar-refractivity contribution in [1.82, 2.24) is 19.4 Å². The molecule has 0 aliphatic carbocycles. The van der Waals surface area contributed by atoms with E-state index in [0.29, 0.717) is 41.3 Å². The van der Waals surface area contributed by atoms with E-state index in [0.717, 1.165) is 43.0 Å². The molecule has 3 aromatic carbocycles. The van der Waals surface area contributed by atoms with Crippen molar-refractivity contribution < 1.29 is 9.59 Å². The summed E-state index contributed by atoms with van der Waals surface area (Å²) in [5.74, 6) is -0.0100. The van der Waals surface area contributed by atoms with E-state index in [1.54, 1.807) is 37.5 Å². The fraction of sp³-hybridized carbons (Fsp3) is 0.333. The van der Waals surface area contributed by atoms with Crippen molar-refractivity contribution in [2.45, 2.75) is 26.2 Å². The second kappa shape index (κ2) is 13.6. The fourth-order valence-electron chi connectivity index (χ4n) is 6.06. The van der Waals surface area contributed by atoms with Crippen LogP contribution >= 0.6 is 0 Å². The summed E-state index contributed by atoms with van der Waals surface area (Å²) in [6, 6.07) is 20.6. The molecule has 0 bridgehead atoms. The average Bonchev–Trinajstić information content (AvgIpc) is 3.08. The third-order valence-corrected chi connectivity index (χ3v) is 8.96. The Morgan fingerprint density at radius 1 is 0.783 bits per heavy atom. The summed E-state index contributed by atoms with van der Waals surface area (Å²) in [7, 11) is 3.74. The smallest absolute Gasteiger partial charge is 0.293 e. The van der Waals surface area contributed by atoms with Crippen molar-refractivity contribution in [3.05, 3.63) is 100.0 Å². The van der Waals surface area contributed by atoms with Gasteiger partial charge < -0.3 is 29.9 Å². The predicted octanol–water partition coefficient (Wildman–Crippen LogP) is 5.13. The third kappa shape index (κ3) is 6.82. The molecule has 6 rings (SSSR count). The highest BCUT2D eigenvalue weighted by atomic mass is 16.2. The number of carbonyl (C=O) groups is 2. The van der Waals surface area contributed by atoms with Crippen LogP contribution in [0.4, 0.5) is 22.9 Å². The first-order valence-electron chi connectivity index (χ1n) is 16.0. The first-order valence-corrected chi connectivity index (χ1v) is 16.0. The Balaban J connectivity index is 1.17. The molecule has 1 aromatic heterocycles. The van der Waals surface area contributed by atoms with Gasteiger partial charge in [-0.05, 0) is 93.4 Å². The van der Waals surface area contributed by atoms with Crippen molar-refractivity contribution in [3.8, 4) is 11.3 Å². The van der Waals surface area contributed by atoms with Gasteiger partial charge >= 0.3 is 0 Å². The molecule has 46 heavy (non-hydrogen) atoms. The maximum Gasteiger partial charge on any atom is 0.293 e. The molecule has 10 heteroatoms. The Labute approximate surface area is 269 Å². The normalized spacial score (nSPS) is 15.5. The lowest BCUT2D eigenvalue weighted by molar-refractivity contribution is 0.0664. The van der Waals surface area contributed by atoms with E-state index >= 15 is 0 Å². The number of hydrogen-bond acceptors (Lipinski definition) is 7. The van der Waals surface area contributed by atoms with Gasteiger partial charge in [0.05, 0.1) is 5.69 Å². The summed E-state index contributed by atoms with van der Waals surface area (Å²) < 4.78 is 1.49. The minimum absolute atomic E-state index is 0.00704. The maximum absolute atomic E-state index is 13.2. The lowest BCUT2D eigenvalue weighted by Crippen LogP contribution is -2.47. The molecule has 3 heterocycles. The number of amides is 2. The number of nitrogens with one attached hydrogen (secondary N) is 2. The molecule has 2 aliphatic rings. The zero-order chi connectivity index (χ0) is 32.2. The van der Waals surface area contributed by atoms with Gasteiger partial charge in [-0.25, -0.2) is 4.98 Å². The Morgan fingerprint density at radius 2 is 1.46 bits per heavy atom. The van der Waals surface area contributed by atoms with Gasteiger partial charge in [-0.15, -0.1) is 0 Å². The third-order valence-electron chi connectivity index (χ3n) is 8.96. The molecule has 2 aliphatic heterocycles. The Bertz CT molecular complexity index is 1770. The molecule has 2 amide bonds. The van der Waals surface area contributed by atoms with E-state index in [-0.39, 0.29) is 23.2 Å². The van der Waals surface area contributed by atoms with Crippen LogP contribution in [0.3, 0.4) is 0 Å². The van der Waals surface area contributed by atoms with Crippen LogP contribution in [0, 0.1) is 6.92 Å². The molecule has 10 nitrogen and oxygen atoms in total. The molecule has 0 spiro atoms. The summed E-state index contributed by atoms with van der Waals surface area (Å²) >= 11 is 0. The molecule has 0 radical (unpaired) electrons. The molecule has 0 atom stereocenters. The highest BCUT2D eigenvalue weighted by Gasteiger charge is 2.21. The maximum atomic E-state index is 13.2. The minimum atomic E-state index is -0.281. The number of piperidine rings is 1. The van der Waals surface area contributed by atoms with E-state index in [9.17, 15) is 14.4 Å². The van der Waals surface area contributed by atoms with E-state index < -0.39 is 0 Å². The molecule has 2 saturated heterocycles. The summed E-state index contributed by atoms with van der Waals surface area (Å²) in [4.78, 5) is 50.3. The Hall–Kier alpha value is -4.96. The van der Waals surface area contributed by atoms with E-state index in [1.807, 2.05) is 54.3 Å². The van der Waals surface area contributed by atoms with Crippen LogP contribution in [0.15, 0.2) is 77.7 Å². The molecule has 0 saturated carbocycles. The second-order valence-corrected chi connectivity index (χ2v) is 12.2. The molecule has 0 unspecified atom stereocenters. The number of rotatable bonds is 7. The quantitative estimate of drug-likeness (QED) is 0.296. The Kier molecular flexibility index (Phi) is 9.16. The first kappa shape index (κ1) is 31.0. The van der Waals surface area contributed by atoms with Crippen molar-refractivity contribution in [3.63, 3.8) is 0 Å². The fourth-order valence-corrected chi connectivity index (χ4v) is 6.06. The molecule has 238 valence electrons. The number of nitrogens with zero attached hydrogens (tertiary/aromatic N) is 5. The monoisotopic (exact) mass is 619 g/mol. The van der Waals surface area contributed by atoms with Gasteiger partial charge in [-0.1, -0.05) is 12.1 Å². The van der Waals surface area contributed by atoms with Crippen LogP contribution in [-0.2, 0) is 7.05 Å². The second-order valence-electron chi connectivity index (χ2n) is 12.2. The highest BCUT2D eigenvalue weighted by Crippen LogP contribution is 2.29. The van der Waals surface area contributed by atoms with Gasteiger partial charge in [0.1, 0.15) is 0 Å². The number of aromatic nitrogens is 2.